The van der Waals surface area contributed by atoms with Crippen molar-refractivity contribution in [2.24, 2.45) is 4.99 Å². The van der Waals surface area contributed by atoms with Gasteiger partial charge in [0.05, 0.1) is 0 Å². The molecule has 1 aliphatic heterocycles. The molecule has 2 aromatic carbocycles. The van der Waals surface area contributed by atoms with Gasteiger partial charge in [-0.15, -0.1) is 0 Å². The molecule has 0 aromatic heterocycles. The van der Waals surface area contributed by atoms with Crippen LogP contribution in [0, 0.1) is 0 Å². The first-order chi connectivity index (χ1) is 12.8. The summed E-state index contributed by atoms with van der Waals surface area (Å²) >= 11 is 0. The number of hydrogen-bond acceptors (Lipinski definition) is 3. The fourth-order valence-electron chi connectivity index (χ4n) is 3.24. The molecular weight excluding hydrogens is 324 g/mol. The second-order valence-electron chi connectivity index (χ2n) is 6.47. The molecule has 1 heterocycles. The molecule has 5 nitrogen and oxygen atoms in total. The van der Waals surface area contributed by atoms with Crippen molar-refractivity contribution in [2.45, 2.75) is 13.3 Å². The average Bonchev–Trinajstić information content (AvgIpc) is 2.68. The van der Waals surface area contributed by atoms with Crippen LogP contribution in [-0.4, -0.2) is 55.2 Å². The van der Waals surface area contributed by atoms with Crippen molar-refractivity contribution in [3.8, 4) is 5.75 Å². The molecule has 0 aliphatic carbocycles. The molecule has 138 valence electrons. The van der Waals surface area contributed by atoms with Gasteiger partial charge in [-0.2, -0.15) is 0 Å². The van der Waals surface area contributed by atoms with E-state index < -0.39 is 0 Å². The van der Waals surface area contributed by atoms with Gasteiger partial charge < -0.3 is 20.2 Å². The number of benzene rings is 2. The maximum atomic E-state index is 9.57. The first kappa shape index (κ1) is 18.1. The predicted octanol–water partition coefficient (Wildman–Crippen LogP) is 2.72. The van der Waals surface area contributed by atoms with Crippen LogP contribution in [0.25, 0.3) is 0 Å². The fraction of sp³-hybridized carbons (Fsp3) is 0.381. The van der Waals surface area contributed by atoms with Crippen molar-refractivity contribution in [2.75, 3.05) is 44.2 Å². The Labute approximate surface area is 156 Å². The summed E-state index contributed by atoms with van der Waals surface area (Å²) in [6.45, 7) is 7.61. The van der Waals surface area contributed by atoms with E-state index in [1.807, 2.05) is 12.1 Å². The van der Waals surface area contributed by atoms with E-state index in [4.69, 9.17) is 4.99 Å². The molecule has 2 aromatic rings. The highest BCUT2D eigenvalue weighted by atomic mass is 16.3. The lowest BCUT2D eigenvalue weighted by atomic mass is 10.1. The number of para-hydroxylation sites is 1. The number of piperazine rings is 1. The van der Waals surface area contributed by atoms with Gasteiger partial charge in [-0.25, -0.2) is 0 Å². The highest BCUT2D eigenvalue weighted by molar-refractivity contribution is 5.80. The topological polar surface area (TPSA) is 51.1 Å². The highest BCUT2D eigenvalue weighted by Gasteiger charge is 2.19. The van der Waals surface area contributed by atoms with E-state index in [1.54, 1.807) is 12.1 Å². The van der Waals surface area contributed by atoms with E-state index in [1.165, 1.54) is 5.69 Å². The Morgan fingerprint density at radius 2 is 1.81 bits per heavy atom. The molecule has 0 amide bonds. The number of hydrogen-bond donors (Lipinski definition) is 2. The van der Waals surface area contributed by atoms with Gasteiger partial charge in [-0.1, -0.05) is 30.3 Å². The second-order valence-corrected chi connectivity index (χ2v) is 6.47. The van der Waals surface area contributed by atoms with Crippen molar-refractivity contribution in [3.63, 3.8) is 0 Å². The van der Waals surface area contributed by atoms with E-state index in [0.29, 0.717) is 12.3 Å². The number of phenolic OH excluding ortho intramolecular Hbond substituents is 1. The number of nitrogens with one attached hydrogen (secondary N) is 1. The van der Waals surface area contributed by atoms with Crippen LogP contribution in [-0.2, 0) is 6.42 Å². The summed E-state index contributed by atoms with van der Waals surface area (Å²) in [6, 6.07) is 18.0. The van der Waals surface area contributed by atoms with Gasteiger partial charge >= 0.3 is 0 Å². The number of aromatic hydroxyl groups is 1. The molecule has 1 aliphatic rings. The van der Waals surface area contributed by atoms with E-state index in [9.17, 15) is 5.11 Å². The van der Waals surface area contributed by atoms with Crippen LogP contribution in [0.2, 0.25) is 0 Å². The third kappa shape index (κ3) is 4.91. The number of rotatable bonds is 5. The third-order valence-electron chi connectivity index (χ3n) is 4.61. The van der Waals surface area contributed by atoms with Crippen LogP contribution in [0.5, 0.6) is 5.75 Å². The normalized spacial score (nSPS) is 15.2. The Bertz CT molecular complexity index is 709. The number of aliphatic imine (C=N–C) groups is 1. The van der Waals surface area contributed by atoms with Gasteiger partial charge in [0.2, 0.25) is 0 Å². The Balaban J connectivity index is 1.56. The Hall–Kier alpha value is -2.69. The summed E-state index contributed by atoms with van der Waals surface area (Å²) in [6.07, 6.45) is 0.827. The van der Waals surface area contributed by atoms with Crippen molar-refractivity contribution >= 4 is 11.6 Å². The number of guanidine groups is 1. The second kappa shape index (κ2) is 9.13. The highest BCUT2D eigenvalue weighted by Crippen LogP contribution is 2.16. The molecule has 1 saturated heterocycles. The van der Waals surface area contributed by atoms with Crippen molar-refractivity contribution in [1.29, 1.82) is 0 Å². The molecule has 1 fully saturated rings. The average molecular weight is 352 g/mol. The first-order valence-corrected chi connectivity index (χ1v) is 9.37. The van der Waals surface area contributed by atoms with E-state index in [2.05, 4.69) is 52.4 Å². The quantitative estimate of drug-likeness (QED) is 0.642. The predicted molar refractivity (Wildman–Crippen MR) is 108 cm³/mol. The molecule has 0 unspecified atom stereocenters. The van der Waals surface area contributed by atoms with Crippen LogP contribution in [0.4, 0.5) is 5.69 Å². The Kier molecular flexibility index (Phi) is 6.36. The van der Waals surface area contributed by atoms with Crippen molar-refractivity contribution in [3.05, 3.63) is 60.2 Å². The lowest BCUT2D eigenvalue weighted by Crippen LogP contribution is -2.52. The molecule has 26 heavy (non-hydrogen) atoms. The molecule has 0 saturated carbocycles. The molecule has 0 spiro atoms. The smallest absolute Gasteiger partial charge is 0.194 e. The maximum absolute atomic E-state index is 9.57. The zero-order valence-corrected chi connectivity index (χ0v) is 15.4. The minimum absolute atomic E-state index is 0.315. The van der Waals surface area contributed by atoms with Crippen LogP contribution in [0.1, 0.15) is 12.5 Å². The van der Waals surface area contributed by atoms with Crippen LogP contribution in [0.3, 0.4) is 0 Å². The van der Waals surface area contributed by atoms with Crippen molar-refractivity contribution < 1.29 is 5.11 Å². The zero-order chi connectivity index (χ0) is 18.2. The maximum Gasteiger partial charge on any atom is 0.194 e. The Morgan fingerprint density at radius 1 is 1.04 bits per heavy atom. The minimum atomic E-state index is 0.315. The van der Waals surface area contributed by atoms with Crippen LogP contribution < -0.4 is 10.2 Å². The van der Waals surface area contributed by atoms with E-state index in [0.717, 1.165) is 50.7 Å². The summed E-state index contributed by atoms with van der Waals surface area (Å²) < 4.78 is 0. The summed E-state index contributed by atoms with van der Waals surface area (Å²) in [5.41, 5.74) is 2.40. The lowest BCUT2D eigenvalue weighted by molar-refractivity contribution is 0.372. The minimum Gasteiger partial charge on any atom is -0.508 e. The molecule has 3 rings (SSSR count). The third-order valence-corrected chi connectivity index (χ3v) is 4.61. The van der Waals surface area contributed by atoms with Gasteiger partial charge in [0, 0.05) is 45.0 Å². The van der Waals surface area contributed by atoms with Crippen LogP contribution >= 0.6 is 0 Å². The largest absolute Gasteiger partial charge is 0.508 e. The number of anilines is 1. The number of nitrogens with zero attached hydrogens (tertiary/aromatic N) is 3. The van der Waals surface area contributed by atoms with Gasteiger partial charge in [0.25, 0.3) is 0 Å². The number of phenols is 1. The summed E-state index contributed by atoms with van der Waals surface area (Å²) in [4.78, 5) is 9.55. The standard InChI is InChI=1S/C21H28N4O/c1-2-22-21(23-12-11-18-7-6-10-20(26)17-18)25-15-13-24(14-16-25)19-8-4-3-5-9-19/h3-10,17,26H,2,11-16H2,1H3,(H,22,23). The first-order valence-electron chi connectivity index (χ1n) is 9.37. The lowest BCUT2D eigenvalue weighted by Gasteiger charge is -2.37. The zero-order valence-electron chi connectivity index (χ0n) is 15.4. The van der Waals surface area contributed by atoms with Gasteiger partial charge in [0.1, 0.15) is 5.75 Å². The molecular formula is C21H28N4O. The van der Waals surface area contributed by atoms with Crippen LogP contribution in [0.15, 0.2) is 59.6 Å². The SMILES string of the molecule is CCNC(=NCCc1cccc(O)c1)N1CCN(c2ccccc2)CC1. The van der Waals surface area contributed by atoms with Gasteiger partial charge in [0.15, 0.2) is 5.96 Å². The molecule has 0 radical (unpaired) electrons. The molecule has 2 N–H and O–H groups in total. The monoisotopic (exact) mass is 352 g/mol. The fourth-order valence-corrected chi connectivity index (χ4v) is 3.24. The summed E-state index contributed by atoms with van der Waals surface area (Å²) in [5.74, 6) is 1.30. The van der Waals surface area contributed by atoms with E-state index in [-0.39, 0.29) is 0 Å². The van der Waals surface area contributed by atoms with Gasteiger partial charge in [-0.05, 0) is 43.2 Å². The molecule has 0 atom stereocenters. The molecule has 5 heteroatoms. The Morgan fingerprint density at radius 3 is 2.50 bits per heavy atom. The van der Waals surface area contributed by atoms with E-state index >= 15 is 0 Å². The summed E-state index contributed by atoms with van der Waals surface area (Å²) in [5, 5.41) is 13.0. The van der Waals surface area contributed by atoms with Crippen molar-refractivity contribution in [1.82, 2.24) is 10.2 Å². The summed E-state index contributed by atoms with van der Waals surface area (Å²) in [7, 11) is 0. The van der Waals surface area contributed by atoms with Gasteiger partial charge in [-0.3, -0.25) is 4.99 Å². The molecule has 0 bridgehead atoms.